The molecular formula is C18H17Cl2FN2O3S. The summed E-state index contributed by atoms with van der Waals surface area (Å²) in [5.74, 6) is -1.64. The number of anilines is 1. The summed E-state index contributed by atoms with van der Waals surface area (Å²) in [6, 6.07) is 9.83. The third kappa shape index (κ3) is 4.60. The second-order valence-corrected chi connectivity index (χ2v) is 9.08. The van der Waals surface area contributed by atoms with E-state index < -0.39 is 27.7 Å². The van der Waals surface area contributed by atoms with Crippen LogP contribution in [0.3, 0.4) is 0 Å². The highest BCUT2D eigenvalue weighted by Crippen LogP contribution is 2.26. The normalized spacial score (nSPS) is 18.3. The van der Waals surface area contributed by atoms with Crippen LogP contribution in [0.2, 0.25) is 10.0 Å². The average molecular weight is 431 g/mol. The van der Waals surface area contributed by atoms with E-state index in [-0.39, 0.29) is 22.2 Å². The zero-order chi connectivity index (χ0) is 19.6. The summed E-state index contributed by atoms with van der Waals surface area (Å²) in [4.78, 5) is 12.6. The second kappa shape index (κ2) is 8.14. The molecule has 5 nitrogen and oxygen atoms in total. The molecule has 0 aliphatic carbocycles. The van der Waals surface area contributed by atoms with E-state index >= 15 is 0 Å². The standard InChI is InChI=1S/C18H17Cl2FN2O3S/c19-13-3-6-15(7-4-13)27(25,26)23-9-1-2-12(11-23)18(24)22-17-8-5-14(20)10-16(17)21/h3-8,10,12H,1-2,9,11H2,(H,22,24). The number of nitrogens with zero attached hydrogens (tertiary/aromatic N) is 1. The van der Waals surface area contributed by atoms with Gasteiger partial charge in [0, 0.05) is 23.1 Å². The lowest BCUT2D eigenvalue weighted by atomic mass is 9.98. The molecule has 27 heavy (non-hydrogen) atoms. The fourth-order valence-corrected chi connectivity index (χ4v) is 4.76. The molecule has 0 aromatic heterocycles. The summed E-state index contributed by atoms with van der Waals surface area (Å²) in [6.45, 7) is 0.357. The van der Waals surface area contributed by atoms with E-state index in [9.17, 15) is 17.6 Å². The minimum Gasteiger partial charge on any atom is -0.323 e. The number of hydrogen-bond donors (Lipinski definition) is 1. The Balaban J connectivity index is 1.73. The molecule has 1 aliphatic rings. The largest absolute Gasteiger partial charge is 0.323 e. The number of benzene rings is 2. The maximum atomic E-state index is 13.9. The summed E-state index contributed by atoms with van der Waals surface area (Å²) in [5.41, 5.74) is 0.0158. The first-order chi connectivity index (χ1) is 12.8. The van der Waals surface area contributed by atoms with Crippen molar-refractivity contribution in [1.29, 1.82) is 0 Å². The molecule has 0 bridgehead atoms. The molecular weight excluding hydrogens is 414 g/mol. The van der Waals surface area contributed by atoms with Gasteiger partial charge in [-0.1, -0.05) is 23.2 Å². The lowest BCUT2D eigenvalue weighted by Gasteiger charge is -2.31. The van der Waals surface area contributed by atoms with Gasteiger partial charge in [-0.15, -0.1) is 0 Å². The van der Waals surface area contributed by atoms with Gasteiger partial charge in [-0.25, -0.2) is 12.8 Å². The number of carbonyl (C=O) groups is 1. The fourth-order valence-electron chi connectivity index (χ4n) is 2.96. The molecule has 9 heteroatoms. The van der Waals surface area contributed by atoms with Gasteiger partial charge in [-0.05, 0) is 55.3 Å². The Morgan fingerprint density at radius 2 is 1.78 bits per heavy atom. The highest BCUT2D eigenvalue weighted by molar-refractivity contribution is 7.89. The van der Waals surface area contributed by atoms with Gasteiger partial charge in [0.25, 0.3) is 0 Å². The molecule has 1 N–H and O–H groups in total. The van der Waals surface area contributed by atoms with Crippen LogP contribution < -0.4 is 5.32 Å². The van der Waals surface area contributed by atoms with E-state index in [0.717, 1.165) is 6.07 Å². The first-order valence-electron chi connectivity index (χ1n) is 8.29. The molecule has 1 aliphatic heterocycles. The Bertz CT molecular complexity index is 952. The smallest absolute Gasteiger partial charge is 0.243 e. The lowest BCUT2D eigenvalue weighted by Crippen LogP contribution is -2.43. The van der Waals surface area contributed by atoms with E-state index in [4.69, 9.17) is 23.2 Å². The zero-order valence-electron chi connectivity index (χ0n) is 14.2. The number of sulfonamides is 1. The molecule has 2 aromatic rings. The summed E-state index contributed by atoms with van der Waals surface area (Å²) in [5, 5.41) is 3.18. The highest BCUT2D eigenvalue weighted by Gasteiger charge is 2.33. The Morgan fingerprint density at radius 3 is 2.44 bits per heavy atom. The van der Waals surface area contributed by atoms with Gasteiger partial charge < -0.3 is 5.32 Å². The van der Waals surface area contributed by atoms with Gasteiger partial charge in [0.1, 0.15) is 5.82 Å². The number of carbonyl (C=O) groups excluding carboxylic acids is 1. The van der Waals surface area contributed by atoms with E-state index in [0.29, 0.717) is 24.4 Å². The minimum atomic E-state index is -3.73. The van der Waals surface area contributed by atoms with Gasteiger partial charge in [-0.3, -0.25) is 4.79 Å². The molecule has 144 valence electrons. The lowest BCUT2D eigenvalue weighted by molar-refractivity contribution is -0.120. The van der Waals surface area contributed by atoms with Crippen molar-refractivity contribution in [2.45, 2.75) is 17.7 Å². The molecule has 1 heterocycles. The van der Waals surface area contributed by atoms with Crippen molar-refractivity contribution >= 4 is 44.8 Å². The molecule has 1 saturated heterocycles. The molecule has 1 amide bonds. The van der Waals surface area contributed by atoms with Crippen LogP contribution in [0.15, 0.2) is 47.4 Å². The first-order valence-corrected chi connectivity index (χ1v) is 10.5. The monoisotopic (exact) mass is 430 g/mol. The van der Waals surface area contributed by atoms with Gasteiger partial charge >= 0.3 is 0 Å². The Morgan fingerprint density at radius 1 is 1.11 bits per heavy atom. The van der Waals surface area contributed by atoms with Crippen molar-refractivity contribution in [1.82, 2.24) is 4.31 Å². The highest BCUT2D eigenvalue weighted by atomic mass is 35.5. The number of piperidine rings is 1. The van der Waals surface area contributed by atoms with Gasteiger partial charge in [-0.2, -0.15) is 4.31 Å². The minimum absolute atomic E-state index is 0.0158. The van der Waals surface area contributed by atoms with Crippen LogP contribution in [-0.2, 0) is 14.8 Å². The third-order valence-corrected chi connectivity index (χ3v) is 6.76. The number of halogens is 3. The summed E-state index contributed by atoms with van der Waals surface area (Å²) in [7, 11) is -3.73. The molecule has 0 saturated carbocycles. The van der Waals surface area contributed by atoms with Crippen LogP contribution in [0.5, 0.6) is 0 Å². The van der Waals surface area contributed by atoms with E-state index in [2.05, 4.69) is 5.32 Å². The summed E-state index contributed by atoms with van der Waals surface area (Å²) >= 11 is 11.5. The van der Waals surface area contributed by atoms with Crippen molar-refractivity contribution < 1.29 is 17.6 Å². The van der Waals surface area contributed by atoms with Crippen LogP contribution in [-0.4, -0.2) is 31.7 Å². The average Bonchev–Trinajstić information content (AvgIpc) is 2.64. The predicted molar refractivity (Wildman–Crippen MR) is 103 cm³/mol. The van der Waals surface area contributed by atoms with E-state index in [1.165, 1.54) is 40.7 Å². The van der Waals surface area contributed by atoms with Crippen molar-refractivity contribution in [2.24, 2.45) is 5.92 Å². The van der Waals surface area contributed by atoms with Crippen molar-refractivity contribution in [3.05, 3.63) is 58.3 Å². The summed E-state index contributed by atoms with van der Waals surface area (Å²) < 4.78 is 40.7. The Labute approximate surface area is 167 Å². The summed E-state index contributed by atoms with van der Waals surface area (Å²) in [6.07, 6.45) is 1.06. The maximum Gasteiger partial charge on any atom is 0.243 e. The quantitative estimate of drug-likeness (QED) is 0.790. The van der Waals surface area contributed by atoms with Crippen molar-refractivity contribution in [3.63, 3.8) is 0 Å². The fraction of sp³-hybridized carbons (Fsp3) is 0.278. The molecule has 1 unspecified atom stereocenters. The van der Waals surface area contributed by atoms with Crippen LogP contribution in [0, 0.1) is 11.7 Å². The molecule has 2 aromatic carbocycles. The maximum absolute atomic E-state index is 13.9. The molecule has 0 spiro atoms. The molecule has 1 atom stereocenters. The number of amides is 1. The number of hydrogen-bond acceptors (Lipinski definition) is 3. The Hall–Kier alpha value is -1.67. The first kappa shape index (κ1) is 20.1. The topological polar surface area (TPSA) is 66.5 Å². The van der Waals surface area contributed by atoms with E-state index in [1.807, 2.05) is 0 Å². The second-order valence-electron chi connectivity index (χ2n) is 6.27. The van der Waals surface area contributed by atoms with Gasteiger partial charge in [0.2, 0.25) is 15.9 Å². The SMILES string of the molecule is O=C(Nc1ccc(Cl)cc1F)C1CCCN(S(=O)(=O)c2ccc(Cl)cc2)C1. The third-order valence-electron chi connectivity index (χ3n) is 4.40. The van der Waals surface area contributed by atoms with Gasteiger partial charge in [0.15, 0.2) is 0 Å². The molecule has 0 radical (unpaired) electrons. The molecule has 1 fully saturated rings. The Kier molecular flexibility index (Phi) is 6.05. The van der Waals surface area contributed by atoms with Crippen molar-refractivity contribution in [2.75, 3.05) is 18.4 Å². The van der Waals surface area contributed by atoms with Gasteiger partial charge in [0.05, 0.1) is 16.5 Å². The van der Waals surface area contributed by atoms with E-state index in [1.54, 1.807) is 0 Å². The van der Waals surface area contributed by atoms with Crippen LogP contribution >= 0.6 is 23.2 Å². The zero-order valence-corrected chi connectivity index (χ0v) is 16.5. The number of rotatable bonds is 4. The van der Waals surface area contributed by atoms with Crippen molar-refractivity contribution in [3.8, 4) is 0 Å². The van der Waals surface area contributed by atoms with Crippen LogP contribution in [0.1, 0.15) is 12.8 Å². The number of nitrogens with one attached hydrogen (secondary N) is 1. The predicted octanol–water partition coefficient (Wildman–Crippen LogP) is 4.17. The van der Waals surface area contributed by atoms with Crippen LogP contribution in [0.4, 0.5) is 10.1 Å². The van der Waals surface area contributed by atoms with Crippen LogP contribution in [0.25, 0.3) is 0 Å². The molecule has 3 rings (SSSR count).